The Bertz CT molecular complexity index is 167. The Morgan fingerprint density at radius 2 is 2.64 bits per heavy atom. The van der Waals surface area contributed by atoms with Gasteiger partial charge in [0.15, 0.2) is 0 Å². The second-order valence-electron chi connectivity index (χ2n) is 2.70. The van der Waals surface area contributed by atoms with Crippen LogP contribution in [0.1, 0.15) is 6.42 Å². The Balaban J connectivity index is 2.46. The van der Waals surface area contributed by atoms with Gasteiger partial charge in [-0.15, -0.1) is 6.58 Å². The lowest BCUT2D eigenvalue weighted by molar-refractivity contribution is -0.119. The van der Waals surface area contributed by atoms with Gasteiger partial charge in [-0.25, -0.2) is 0 Å². The molecule has 1 aliphatic rings. The maximum atomic E-state index is 10.8. The van der Waals surface area contributed by atoms with Crippen LogP contribution in [0.2, 0.25) is 0 Å². The lowest BCUT2D eigenvalue weighted by Gasteiger charge is -2.15. The average molecular weight is 155 g/mol. The Morgan fingerprint density at radius 1 is 1.91 bits per heavy atom. The summed E-state index contributed by atoms with van der Waals surface area (Å²) in [5.74, 6) is 0.379. The number of hydrogen-bond donors (Lipinski definition) is 1. The molecule has 11 heavy (non-hydrogen) atoms. The summed E-state index contributed by atoms with van der Waals surface area (Å²) in [4.78, 5) is 10.8. The third-order valence-electron chi connectivity index (χ3n) is 1.98. The van der Waals surface area contributed by atoms with E-state index in [2.05, 4.69) is 11.9 Å². The third kappa shape index (κ3) is 1.80. The molecule has 0 radical (unpaired) electrons. The molecule has 0 aromatic rings. The SMILES string of the molecule is C=CC(OC)[C@H]1CNC(=O)C1. The zero-order valence-electron chi connectivity index (χ0n) is 6.67. The summed E-state index contributed by atoms with van der Waals surface area (Å²) in [6.07, 6.45) is 2.31. The van der Waals surface area contributed by atoms with Crippen LogP contribution < -0.4 is 5.32 Å². The van der Waals surface area contributed by atoms with Gasteiger partial charge in [-0.1, -0.05) is 6.08 Å². The van der Waals surface area contributed by atoms with E-state index < -0.39 is 0 Å². The normalized spacial score (nSPS) is 26.3. The molecule has 0 aliphatic carbocycles. The molecule has 1 amide bonds. The molecular weight excluding hydrogens is 142 g/mol. The lowest BCUT2D eigenvalue weighted by atomic mass is 10.0. The first kappa shape index (κ1) is 8.27. The Hall–Kier alpha value is -0.830. The molecule has 0 spiro atoms. The highest BCUT2D eigenvalue weighted by atomic mass is 16.5. The largest absolute Gasteiger partial charge is 0.377 e. The highest BCUT2D eigenvalue weighted by molar-refractivity contribution is 5.78. The Labute approximate surface area is 66.4 Å². The summed E-state index contributed by atoms with van der Waals surface area (Å²) < 4.78 is 5.12. The number of carbonyl (C=O) groups is 1. The molecule has 1 fully saturated rings. The zero-order chi connectivity index (χ0) is 8.27. The molecule has 1 saturated heterocycles. The van der Waals surface area contributed by atoms with E-state index in [1.54, 1.807) is 13.2 Å². The highest BCUT2D eigenvalue weighted by Gasteiger charge is 2.27. The molecular formula is C8H13NO2. The molecule has 62 valence electrons. The fraction of sp³-hybridized carbons (Fsp3) is 0.625. The zero-order valence-corrected chi connectivity index (χ0v) is 6.67. The van der Waals surface area contributed by atoms with Gasteiger partial charge >= 0.3 is 0 Å². The van der Waals surface area contributed by atoms with Gasteiger partial charge in [-0.3, -0.25) is 4.79 Å². The van der Waals surface area contributed by atoms with Crippen LogP contribution in [-0.4, -0.2) is 25.7 Å². The van der Waals surface area contributed by atoms with Crippen molar-refractivity contribution >= 4 is 5.91 Å². The van der Waals surface area contributed by atoms with E-state index in [1.165, 1.54) is 0 Å². The van der Waals surface area contributed by atoms with E-state index in [4.69, 9.17) is 4.74 Å². The van der Waals surface area contributed by atoms with Gasteiger partial charge in [0.1, 0.15) is 0 Å². The maximum Gasteiger partial charge on any atom is 0.220 e. The number of ether oxygens (including phenoxy) is 1. The minimum absolute atomic E-state index is 0.00829. The number of nitrogens with one attached hydrogen (secondary N) is 1. The van der Waals surface area contributed by atoms with E-state index in [1.807, 2.05) is 0 Å². The second-order valence-corrected chi connectivity index (χ2v) is 2.70. The van der Waals surface area contributed by atoms with Crippen LogP contribution in [0.5, 0.6) is 0 Å². The van der Waals surface area contributed by atoms with Gasteiger partial charge in [0.05, 0.1) is 6.10 Å². The first-order valence-electron chi connectivity index (χ1n) is 3.70. The molecule has 1 heterocycles. The van der Waals surface area contributed by atoms with E-state index in [0.717, 1.165) is 0 Å². The predicted molar refractivity (Wildman–Crippen MR) is 42.1 cm³/mol. The van der Waals surface area contributed by atoms with Gasteiger partial charge in [0, 0.05) is 26.0 Å². The summed E-state index contributed by atoms with van der Waals surface area (Å²) in [5, 5.41) is 2.75. The molecule has 0 saturated carbocycles. The monoisotopic (exact) mass is 155 g/mol. The van der Waals surface area contributed by atoms with Crippen molar-refractivity contribution in [3.8, 4) is 0 Å². The van der Waals surface area contributed by atoms with Crippen LogP contribution >= 0.6 is 0 Å². The Morgan fingerprint density at radius 3 is 3.00 bits per heavy atom. The van der Waals surface area contributed by atoms with E-state index in [-0.39, 0.29) is 17.9 Å². The number of rotatable bonds is 3. The topological polar surface area (TPSA) is 38.3 Å². The summed E-state index contributed by atoms with van der Waals surface area (Å²) in [7, 11) is 1.63. The standard InChI is InChI=1S/C8H13NO2/c1-3-7(11-2)6-4-8(10)9-5-6/h3,6-7H,1,4-5H2,2H3,(H,9,10)/t6-,7?/m1/s1. The van der Waals surface area contributed by atoms with Crippen molar-refractivity contribution in [2.45, 2.75) is 12.5 Å². The van der Waals surface area contributed by atoms with Crippen LogP contribution in [-0.2, 0) is 9.53 Å². The average Bonchev–Trinajstić information content (AvgIpc) is 2.39. The molecule has 1 aliphatic heterocycles. The number of hydrogen-bond acceptors (Lipinski definition) is 2. The lowest BCUT2D eigenvalue weighted by Crippen LogP contribution is -2.22. The van der Waals surface area contributed by atoms with Crippen molar-refractivity contribution in [2.75, 3.05) is 13.7 Å². The molecule has 0 aromatic carbocycles. The van der Waals surface area contributed by atoms with Gasteiger partial charge in [0.2, 0.25) is 5.91 Å². The minimum Gasteiger partial charge on any atom is -0.377 e. The van der Waals surface area contributed by atoms with Crippen molar-refractivity contribution in [3.05, 3.63) is 12.7 Å². The van der Waals surface area contributed by atoms with E-state index >= 15 is 0 Å². The van der Waals surface area contributed by atoms with Crippen molar-refractivity contribution in [1.29, 1.82) is 0 Å². The molecule has 0 aromatic heterocycles. The number of amides is 1. The summed E-state index contributed by atoms with van der Waals surface area (Å²) in [5.41, 5.74) is 0. The minimum atomic E-state index is 0.00829. The van der Waals surface area contributed by atoms with Gasteiger partial charge < -0.3 is 10.1 Å². The first-order valence-corrected chi connectivity index (χ1v) is 3.70. The van der Waals surface area contributed by atoms with Crippen LogP contribution in [0.25, 0.3) is 0 Å². The fourth-order valence-corrected chi connectivity index (χ4v) is 1.34. The summed E-state index contributed by atoms with van der Waals surface area (Å²) in [6.45, 7) is 4.35. The first-order chi connectivity index (χ1) is 5.27. The molecule has 0 bridgehead atoms. The van der Waals surface area contributed by atoms with Crippen molar-refractivity contribution in [3.63, 3.8) is 0 Å². The number of carbonyl (C=O) groups excluding carboxylic acids is 1. The quantitative estimate of drug-likeness (QED) is 0.596. The highest BCUT2D eigenvalue weighted by Crippen LogP contribution is 2.16. The third-order valence-corrected chi connectivity index (χ3v) is 1.98. The van der Waals surface area contributed by atoms with Crippen molar-refractivity contribution < 1.29 is 9.53 Å². The Kier molecular flexibility index (Phi) is 2.65. The molecule has 1 N–H and O–H groups in total. The molecule has 2 atom stereocenters. The van der Waals surface area contributed by atoms with E-state index in [9.17, 15) is 4.79 Å². The predicted octanol–water partition coefficient (Wildman–Crippen LogP) is 0.324. The fourth-order valence-electron chi connectivity index (χ4n) is 1.34. The number of methoxy groups -OCH3 is 1. The van der Waals surface area contributed by atoms with Gasteiger partial charge in [-0.2, -0.15) is 0 Å². The van der Waals surface area contributed by atoms with Crippen LogP contribution in [0.15, 0.2) is 12.7 Å². The van der Waals surface area contributed by atoms with Crippen molar-refractivity contribution in [1.82, 2.24) is 5.32 Å². The summed E-state index contributed by atoms with van der Waals surface area (Å²) >= 11 is 0. The molecule has 3 heteroatoms. The smallest absolute Gasteiger partial charge is 0.220 e. The maximum absolute atomic E-state index is 10.8. The van der Waals surface area contributed by atoms with Crippen LogP contribution in [0.4, 0.5) is 0 Å². The molecule has 1 unspecified atom stereocenters. The molecule has 1 rings (SSSR count). The van der Waals surface area contributed by atoms with Crippen LogP contribution in [0.3, 0.4) is 0 Å². The van der Waals surface area contributed by atoms with E-state index in [0.29, 0.717) is 13.0 Å². The second kappa shape index (κ2) is 3.53. The van der Waals surface area contributed by atoms with Crippen molar-refractivity contribution in [2.24, 2.45) is 5.92 Å². The van der Waals surface area contributed by atoms with Gasteiger partial charge in [-0.05, 0) is 0 Å². The van der Waals surface area contributed by atoms with Crippen LogP contribution in [0, 0.1) is 5.92 Å². The molecule has 3 nitrogen and oxygen atoms in total. The summed E-state index contributed by atoms with van der Waals surface area (Å²) in [6, 6.07) is 0. The van der Waals surface area contributed by atoms with Gasteiger partial charge in [0.25, 0.3) is 0 Å².